The Morgan fingerprint density at radius 2 is 1.55 bits per heavy atom. The summed E-state index contributed by atoms with van der Waals surface area (Å²) in [5, 5.41) is 0. The molecule has 0 amide bonds. The van der Waals surface area contributed by atoms with Gasteiger partial charge in [-0.2, -0.15) is 0 Å². The maximum atomic E-state index is 12.3. The van der Waals surface area contributed by atoms with Crippen LogP contribution < -0.4 is 14.2 Å². The third kappa shape index (κ3) is 8.43. The molecule has 156 valence electrons. The van der Waals surface area contributed by atoms with Crippen LogP contribution in [0.5, 0.6) is 17.2 Å². The number of benzene rings is 2. The van der Waals surface area contributed by atoms with Crippen LogP contribution in [-0.2, 0) is 0 Å². The SMILES string of the molecule is C=CCCCCCOc1ccc(C(=O)Oc2ccc(OCC(C)CC)cc2)cc1. The van der Waals surface area contributed by atoms with Crippen molar-refractivity contribution in [3.05, 3.63) is 66.7 Å². The second-order valence-corrected chi connectivity index (χ2v) is 7.20. The average Bonchev–Trinajstić information content (AvgIpc) is 2.75. The molecular weight excluding hydrogens is 364 g/mol. The highest BCUT2D eigenvalue weighted by Crippen LogP contribution is 2.20. The molecule has 2 rings (SSSR count). The lowest BCUT2D eigenvalue weighted by atomic mass is 10.1. The van der Waals surface area contributed by atoms with Crippen molar-refractivity contribution in [1.29, 1.82) is 0 Å². The average molecular weight is 397 g/mol. The summed E-state index contributed by atoms with van der Waals surface area (Å²) in [6, 6.07) is 14.2. The number of esters is 1. The highest BCUT2D eigenvalue weighted by molar-refractivity contribution is 5.91. The van der Waals surface area contributed by atoms with Gasteiger partial charge in [0.2, 0.25) is 0 Å². The Morgan fingerprint density at radius 1 is 0.931 bits per heavy atom. The number of hydrogen-bond donors (Lipinski definition) is 0. The molecule has 0 heterocycles. The van der Waals surface area contributed by atoms with Crippen LogP contribution in [0, 0.1) is 5.92 Å². The summed E-state index contributed by atoms with van der Waals surface area (Å²) >= 11 is 0. The van der Waals surface area contributed by atoms with E-state index >= 15 is 0 Å². The van der Waals surface area contributed by atoms with Gasteiger partial charge in [0.15, 0.2) is 0 Å². The van der Waals surface area contributed by atoms with Crippen LogP contribution in [0.4, 0.5) is 0 Å². The summed E-state index contributed by atoms with van der Waals surface area (Å²) < 4.78 is 16.9. The summed E-state index contributed by atoms with van der Waals surface area (Å²) in [5.74, 6) is 2.14. The van der Waals surface area contributed by atoms with Gasteiger partial charge < -0.3 is 14.2 Å². The van der Waals surface area contributed by atoms with Crippen LogP contribution in [-0.4, -0.2) is 19.2 Å². The van der Waals surface area contributed by atoms with Crippen molar-refractivity contribution in [1.82, 2.24) is 0 Å². The Morgan fingerprint density at radius 3 is 2.21 bits per heavy atom. The van der Waals surface area contributed by atoms with Crippen LogP contribution in [0.3, 0.4) is 0 Å². The molecule has 0 radical (unpaired) electrons. The van der Waals surface area contributed by atoms with Crippen LogP contribution in [0.2, 0.25) is 0 Å². The summed E-state index contributed by atoms with van der Waals surface area (Å²) in [7, 11) is 0. The van der Waals surface area contributed by atoms with Crippen molar-refractivity contribution in [3.8, 4) is 17.2 Å². The zero-order valence-corrected chi connectivity index (χ0v) is 17.6. The highest BCUT2D eigenvalue weighted by Gasteiger charge is 2.09. The summed E-state index contributed by atoms with van der Waals surface area (Å²) in [4.78, 5) is 12.3. The van der Waals surface area contributed by atoms with Gasteiger partial charge in [-0.25, -0.2) is 4.79 Å². The van der Waals surface area contributed by atoms with E-state index in [4.69, 9.17) is 14.2 Å². The fourth-order valence-electron chi connectivity index (χ4n) is 2.57. The van der Waals surface area contributed by atoms with E-state index < -0.39 is 5.97 Å². The molecule has 0 saturated carbocycles. The Hall–Kier alpha value is -2.75. The molecule has 0 spiro atoms. The van der Waals surface area contributed by atoms with E-state index in [2.05, 4.69) is 20.4 Å². The molecule has 0 aliphatic carbocycles. The highest BCUT2D eigenvalue weighted by atomic mass is 16.5. The number of ether oxygens (including phenoxy) is 3. The standard InChI is InChI=1S/C25H32O4/c1-4-6-7-8-9-18-27-22-12-10-21(11-13-22)25(26)29-24-16-14-23(15-17-24)28-19-20(3)5-2/h4,10-17,20H,1,5-9,18-19H2,2-3H3. The molecule has 0 aromatic heterocycles. The van der Waals surface area contributed by atoms with E-state index in [0.29, 0.717) is 30.4 Å². The van der Waals surface area contributed by atoms with Gasteiger partial charge >= 0.3 is 5.97 Å². The van der Waals surface area contributed by atoms with Gasteiger partial charge in [0.05, 0.1) is 18.8 Å². The molecule has 4 nitrogen and oxygen atoms in total. The van der Waals surface area contributed by atoms with E-state index in [9.17, 15) is 4.79 Å². The first kappa shape index (κ1) is 22.5. The molecule has 0 bridgehead atoms. The van der Waals surface area contributed by atoms with E-state index in [0.717, 1.165) is 43.6 Å². The molecule has 2 aromatic rings. The number of hydrogen-bond acceptors (Lipinski definition) is 4. The van der Waals surface area contributed by atoms with Gasteiger partial charge in [0.1, 0.15) is 17.2 Å². The number of rotatable bonds is 13. The first-order chi connectivity index (χ1) is 14.1. The van der Waals surface area contributed by atoms with Crippen LogP contribution in [0.1, 0.15) is 56.3 Å². The molecule has 1 unspecified atom stereocenters. The summed E-state index contributed by atoms with van der Waals surface area (Å²) in [6.07, 6.45) is 7.34. The lowest BCUT2D eigenvalue weighted by Gasteiger charge is -2.11. The minimum atomic E-state index is -0.394. The van der Waals surface area contributed by atoms with Gasteiger partial charge in [-0.3, -0.25) is 0 Å². The molecule has 0 aliphatic rings. The zero-order valence-electron chi connectivity index (χ0n) is 17.6. The molecule has 0 aliphatic heterocycles. The zero-order chi connectivity index (χ0) is 20.9. The van der Waals surface area contributed by atoms with E-state index in [1.54, 1.807) is 36.4 Å². The number of unbranched alkanes of at least 4 members (excludes halogenated alkanes) is 3. The minimum absolute atomic E-state index is 0.394. The Balaban J connectivity index is 1.77. The Kier molecular flexibility index (Phi) is 9.84. The van der Waals surface area contributed by atoms with Gasteiger partial charge in [-0.15, -0.1) is 6.58 Å². The fourth-order valence-corrected chi connectivity index (χ4v) is 2.57. The van der Waals surface area contributed by atoms with Gasteiger partial charge in [-0.1, -0.05) is 26.3 Å². The van der Waals surface area contributed by atoms with E-state index in [-0.39, 0.29) is 0 Å². The van der Waals surface area contributed by atoms with Gasteiger partial charge in [0, 0.05) is 0 Å². The van der Waals surface area contributed by atoms with Crippen molar-refractivity contribution in [2.45, 2.75) is 46.0 Å². The third-order valence-electron chi connectivity index (χ3n) is 4.68. The minimum Gasteiger partial charge on any atom is -0.494 e. The lowest BCUT2D eigenvalue weighted by molar-refractivity contribution is 0.0734. The maximum Gasteiger partial charge on any atom is 0.343 e. The number of carbonyl (C=O) groups is 1. The van der Waals surface area contributed by atoms with Crippen molar-refractivity contribution >= 4 is 5.97 Å². The second kappa shape index (κ2) is 12.7. The Bertz CT molecular complexity index is 734. The third-order valence-corrected chi connectivity index (χ3v) is 4.68. The molecule has 29 heavy (non-hydrogen) atoms. The van der Waals surface area contributed by atoms with Gasteiger partial charge in [0.25, 0.3) is 0 Å². The molecule has 1 atom stereocenters. The summed E-state index contributed by atoms with van der Waals surface area (Å²) in [5.41, 5.74) is 0.487. The van der Waals surface area contributed by atoms with Crippen LogP contribution in [0.25, 0.3) is 0 Å². The smallest absolute Gasteiger partial charge is 0.343 e. The van der Waals surface area contributed by atoms with Crippen molar-refractivity contribution in [2.75, 3.05) is 13.2 Å². The molecular formula is C25H32O4. The van der Waals surface area contributed by atoms with E-state index in [1.165, 1.54) is 0 Å². The van der Waals surface area contributed by atoms with Crippen LogP contribution in [0.15, 0.2) is 61.2 Å². The Labute approximate surface area is 174 Å². The van der Waals surface area contributed by atoms with Gasteiger partial charge in [-0.05, 0) is 80.1 Å². The number of carbonyl (C=O) groups excluding carboxylic acids is 1. The topological polar surface area (TPSA) is 44.8 Å². The number of allylic oxidation sites excluding steroid dienone is 1. The molecule has 0 fully saturated rings. The molecule has 0 N–H and O–H groups in total. The largest absolute Gasteiger partial charge is 0.494 e. The fraction of sp³-hybridized carbons (Fsp3) is 0.400. The second-order valence-electron chi connectivity index (χ2n) is 7.20. The molecule has 0 saturated heterocycles. The predicted octanol–water partition coefficient (Wildman–Crippen LogP) is 6.46. The quantitative estimate of drug-likeness (QED) is 0.169. The van der Waals surface area contributed by atoms with Crippen molar-refractivity contribution in [2.24, 2.45) is 5.92 Å². The first-order valence-corrected chi connectivity index (χ1v) is 10.4. The normalized spacial score (nSPS) is 11.5. The first-order valence-electron chi connectivity index (χ1n) is 10.4. The van der Waals surface area contributed by atoms with E-state index in [1.807, 2.05) is 18.2 Å². The van der Waals surface area contributed by atoms with Crippen LogP contribution >= 0.6 is 0 Å². The predicted molar refractivity (Wildman–Crippen MR) is 117 cm³/mol. The molecule has 2 aromatic carbocycles. The monoisotopic (exact) mass is 396 g/mol. The van der Waals surface area contributed by atoms with Crippen molar-refractivity contribution < 1.29 is 19.0 Å². The molecule has 4 heteroatoms. The maximum absolute atomic E-state index is 12.3. The van der Waals surface area contributed by atoms with Crippen molar-refractivity contribution in [3.63, 3.8) is 0 Å². The lowest BCUT2D eigenvalue weighted by Crippen LogP contribution is -2.09. The summed E-state index contributed by atoms with van der Waals surface area (Å²) in [6.45, 7) is 9.36.